The van der Waals surface area contributed by atoms with Gasteiger partial charge < -0.3 is 4.98 Å². The van der Waals surface area contributed by atoms with E-state index in [1.807, 2.05) is 42.5 Å². The van der Waals surface area contributed by atoms with Crippen molar-refractivity contribution in [2.45, 2.75) is 6.42 Å². The zero-order chi connectivity index (χ0) is 13.1. The number of hydrogen-bond acceptors (Lipinski definition) is 2. The Kier molecular flexibility index (Phi) is 2.98. The third-order valence-corrected chi connectivity index (χ3v) is 2.99. The molecule has 1 amide bonds. The van der Waals surface area contributed by atoms with E-state index in [4.69, 9.17) is 0 Å². The molecule has 0 saturated carbocycles. The Balaban J connectivity index is 1.83. The van der Waals surface area contributed by atoms with Gasteiger partial charge in [-0.15, -0.1) is 0 Å². The van der Waals surface area contributed by atoms with Crippen LogP contribution in [0.5, 0.6) is 0 Å². The molecule has 0 radical (unpaired) electrons. The van der Waals surface area contributed by atoms with Gasteiger partial charge in [0, 0.05) is 12.4 Å². The number of carbonyl (C=O) groups excluding carboxylic acids is 1. The second-order valence-electron chi connectivity index (χ2n) is 4.30. The van der Waals surface area contributed by atoms with Gasteiger partial charge in [0.15, 0.2) is 0 Å². The van der Waals surface area contributed by atoms with Crippen LogP contribution in [0.25, 0.3) is 10.8 Å². The molecular formula is C15H13N3O. The quantitative estimate of drug-likeness (QED) is 0.752. The number of nitrogens with one attached hydrogen (secondary N) is 2. The van der Waals surface area contributed by atoms with E-state index in [-0.39, 0.29) is 5.91 Å². The van der Waals surface area contributed by atoms with Crippen molar-refractivity contribution in [2.24, 2.45) is 0 Å². The molecule has 94 valence electrons. The number of carbonyl (C=O) groups is 1. The molecule has 2 aromatic carbocycles. The van der Waals surface area contributed by atoms with Crippen LogP contribution < -0.4 is 5.32 Å². The smallest absolute Gasteiger partial charge is 0.231 e. The molecule has 0 aliphatic rings. The SMILES string of the molecule is O=C(Cc1cccc2ccccc12)Nc1ncc[nH]1. The number of aromatic amines is 1. The molecule has 1 aromatic heterocycles. The Morgan fingerprint density at radius 1 is 1.16 bits per heavy atom. The van der Waals surface area contributed by atoms with Crippen molar-refractivity contribution in [3.05, 3.63) is 60.4 Å². The van der Waals surface area contributed by atoms with Gasteiger partial charge in [0.2, 0.25) is 11.9 Å². The lowest BCUT2D eigenvalue weighted by molar-refractivity contribution is -0.115. The first-order chi connectivity index (χ1) is 9.33. The number of hydrogen-bond donors (Lipinski definition) is 2. The fourth-order valence-corrected chi connectivity index (χ4v) is 2.13. The molecule has 0 bridgehead atoms. The van der Waals surface area contributed by atoms with E-state index < -0.39 is 0 Å². The number of H-pyrrole nitrogens is 1. The lowest BCUT2D eigenvalue weighted by Gasteiger charge is -2.06. The Morgan fingerprint density at radius 2 is 2.00 bits per heavy atom. The highest BCUT2D eigenvalue weighted by molar-refractivity contribution is 5.95. The lowest BCUT2D eigenvalue weighted by atomic mass is 10.0. The Bertz CT molecular complexity index is 699. The summed E-state index contributed by atoms with van der Waals surface area (Å²) in [4.78, 5) is 18.8. The van der Waals surface area contributed by atoms with Crippen LogP contribution in [0.3, 0.4) is 0 Å². The van der Waals surface area contributed by atoms with Crippen molar-refractivity contribution < 1.29 is 4.79 Å². The highest BCUT2D eigenvalue weighted by atomic mass is 16.1. The molecule has 2 N–H and O–H groups in total. The number of benzene rings is 2. The Hall–Kier alpha value is -2.62. The topological polar surface area (TPSA) is 57.8 Å². The molecule has 19 heavy (non-hydrogen) atoms. The van der Waals surface area contributed by atoms with E-state index in [0.29, 0.717) is 12.4 Å². The zero-order valence-corrected chi connectivity index (χ0v) is 10.3. The summed E-state index contributed by atoms with van der Waals surface area (Å²) < 4.78 is 0. The molecule has 0 saturated heterocycles. The molecule has 0 aliphatic carbocycles. The average molecular weight is 251 g/mol. The van der Waals surface area contributed by atoms with Crippen molar-refractivity contribution in [2.75, 3.05) is 5.32 Å². The van der Waals surface area contributed by atoms with E-state index in [2.05, 4.69) is 15.3 Å². The number of nitrogens with zero attached hydrogens (tertiary/aromatic N) is 1. The summed E-state index contributed by atoms with van der Waals surface area (Å²) >= 11 is 0. The molecule has 0 aliphatic heterocycles. The Morgan fingerprint density at radius 3 is 2.84 bits per heavy atom. The monoisotopic (exact) mass is 251 g/mol. The van der Waals surface area contributed by atoms with E-state index in [9.17, 15) is 4.79 Å². The van der Waals surface area contributed by atoms with E-state index in [0.717, 1.165) is 16.3 Å². The number of imidazole rings is 1. The van der Waals surface area contributed by atoms with Gasteiger partial charge in [-0.2, -0.15) is 0 Å². The molecule has 0 spiro atoms. The van der Waals surface area contributed by atoms with Crippen LogP contribution in [0.4, 0.5) is 5.95 Å². The van der Waals surface area contributed by atoms with Crippen LogP contribution in [-0.4, -0.2) is 15.9 Å². The van der Waals surface area contributed by atoms with Gasteiger partial charge in [-0.1, -0.05) is 42.5 Å². The minimum atomic E-state index is -0.0775. The van der Waals surface area contributed by atoms with Gasteiger partial charge in [-0.3, -0.25) is 10.1 Å². The highest BCUT2D eigenvalue weighted by Crippen LogP contribution is 2.19. The summed E-state index contributed by atoms with van der Waals surface area (Å²) in [5.41, 5.74) is 1.02. The molecule has 3 aromatic rings. The second kappa shape index (κ2) is 4.94. The number of amides is 1. The van der Waals surface area contributed by atoms with Gasteiger partial charge >= 0.3 is 0 Å². The van der Waals surface area contributed by atoms with Crippen molar-refractivity contribution in [1.29, 1.82) is 0 Å². The zero-order valence-electron chi connectivity index (χ0n) is 10.3. The van der Waals surface area contributed by atoms with Crippen molar-refractivity contribution in [1.82, 2.24) is 9.97 Å². The largest absolute Gasteiger partial charge is 0.331 e. The van der Waals surface area contributed by atoms with E-state index in [1.165, 1.54) is 0 Å². The summed E-state index contributed by atoms with van der Waals surface area (Å²) in [7, 11) is 0. The molecule has 1 heterocycles. The summed E-state index contributed by atoms with van der Waals surface area (Å²) in [5.74, 6) is 0.400. The van der Waals surface area contributed by atoms with Crippen LogP contribution in [0.15, 0.2) is 54.9 Å². The maximum atomic E-state index is 12.0. The second-order valence-corrected chi connectivity index (χ2v) is 4.30. The predicted molar refractivity (Wildman–Crippen MR) is 74.9 cm³/mol. The van der Waals surface area contributed by atoms with Crippen molar-refractivity contribution in [3.8, 4) is 0 Å². The molecular weight excluding hydrogens is 238 g/mol. The minimum Gasteiger partial charge on any atom is -0.331 e. The summed E-state index contributed by atoms with van der Waals surface area (Å²) in [6.45, 7) is 0. The maximum Gasteiger partial charge on any atom is 0.231 e. The number of aromatic nitrogens is 2. The number of fused-ring (bicyclic) bond motifs is 1. The average Bonchev–Trinajstić information content (AvgIpc) is 2.92. The van der Waals surface area contributed by atoms with Gasteiger partial charge in [-0.25, -0.2) is 4.98 Å². The van der Waals surface area contributed by atoms with Crippen LogP contribution in [-0.2, 0) is 11.2 Å². The molecule has 0 atom stereocenters. The first-order valence-electron chi connectivity index (χ1n) is 6.09. The molecule has 4 nitrogen and oxygen atoms in total. The van der Waals surface area contributed by atoms with Gasteiger partial charge in [0.1, 0.15) is 0 Å². The number of rotatable bonds is 3. The van der Waals surface area contributed by atoms with Crippen molar-refractivity contribution >= 4 is 22.6 Å². The summed E-state index contributed by atoms with van der Waals surface area (Å²) in [6, 6.07) is 14.0. The van der Waals surface area contributed by atoms with Crippen LogP contribution >= 0.6 is 0 Å². The standard InChI is InChI=1S/C15H13N3O/c19-14(18-15-16-8-9-17-15)10-12-6-3-5-11-4-1-2-7-13(11)12/h1-9H,10H2,(H2,16,17,18,19). The van der Waals surface area contributed by atoms with E-state index in [1.54, 1.807) is 12.4 Å². The fraction of sp³-hybridized carbons (Fsp3) is 0.0667. The molecule has 0 fully saturated rings. The summed E-state index contributed by atoms with van der Waals surface area (Å²) in [6.07, 6.45) is 3.61. The third-order valence-electron chi connectivity index (χ3n) is 2.99. The van der Waals surface area contributed by atoms with Gasteiger partial charge in [0.25, 0.3) is 0 Å². The maximum absolute atomic E-state index is 12.0. The van der Waals surface area contributed by atoms with Crippen LogP contribution in [0, 0.1) is 0 Å². The molecule has 4 heteroatoms. The first-order valence-corrected chi connectivity index (χ1v) is 6.09. The molecule has 3 rings (SSSR count). The predicted octanol–water partition coefficient (Wildman–Crippen LogP) is 2.74. The number of anilines is 1. The third kappa shape index (κ3) is 2.47. The lowest BCUT2D eigenvalue weighted by Crippen LogP contribution is -2.15. The van der Waals surface area contributed by atoms with Crippen molar-refractivity contribution in [3.63, 3.8) is 0 Å². The van der Waals surface area contributed by atoms with E-state index >= 15 is 0 Å². The fourth-order valence-electron chi connectivity index (χ4n) is 2.13. The minimum absolute atomic E-state index is 0.0775. The van der Waals surface area contributed by atoms with Gasteiger partial charge in [0.05, 0.1) is 6.42 Å². The molecule has 0 unspecified atom stereocenters. The summed E-state index contributed by atoms with van der Waals surface area (Å²) in [5, 5.41) is 4.98. The van der Waals surface area contributed by atoms with Crippen LogP contribution in [0.2, 0.25) is 0 Å². The first kappa shape index (κ1) is 11.5. The highest BCUT2D eigenvalue weighted by Gasteiger charge is 2.07. The van der Waals surface area contributed by atoms with Crippen LogP contribution in [0.1, 0.15) is 5.56 Å². The van der Waals surface area contributed by atoms with Gasteiger partial charge in [-0.05, 0) is 16.3 Å². The normalized spacial score (nSPS) is 10.5. The Labute approximate surface area is 110 Å².